The van der Waals surface area contributed by atoms with E-state index in [1.54, 1.807) is 0 Å². The molecule has 0 unspecified atom stereocenters. The van der Waals surface area contributed by atoms with E-state index >= 15 is 0 Å². The lowest BCUT2D eigenvalue weighted by Crippen LogP contribution is -2.34. The minimum Gasteiger partial charge on any atom is -0.402 e. The third-order valence-corrected chi connectivity index (χ3v) is 2.55. The van der Waals surface area contributed by atoms with Crippen molar-refractivity contribution in [2.24, 2.45) is 16.1 Å². The molecule has 0 aliphatic rings. The summed E-state index contributed by atoms with van der Waals surface area (Å²) in [7, 11) is 1.81. The molecule has 0 aliphatic carbocycles. The number of nitrogens with two attached hydrogens (primary N) is 1. The van der Waals surface area contributed by atoms with Gasteiger partial charge in [0.05, 0.1) is 0 Å². The summed E-state index contributed by atoms with van der Waals surface area (Å²) in [6, 6.07) is 0. The molecule has 0 atom stereocenters. The quantitative estimate of drug-likeness (QED) is 0.450. The van der Waals surface area contributed by atoms with Crippen LogP contribution in [0.25, 0.3) is 0 Å². The van der Waals surface area contributed by atoms with Crippen LogP contribution in [0.4, 0.5) is 0 Å². The maximum atomic E-state index is 5.76. The van der Waals surface area contributed by atoms with Crippen molar-refractivity contribution in [1.82, 2.24) is 5.32 Å². The molecule has 17 heavy (non-hydrogen) atoms. The highest BCUT2D eigenvalue weighted by atomic mass is 15.0. The standard InChI is InChI=1S/C14H27N3/c1-8-10(2)12(9-11(3)15)17-13(16-7)14(4,5)6/h9H,8,15H2,1-7H3,(H,16,17)/b11-9+,12-10+. The molecule has 0 radical (unpaired) electrons. The Balaban J connectivity index is 5.23. The fourth-order valence-electron chi connectivity index (χ4n) is 1.39. The molecular weight excluding hydrogens is 210 g/mol. The number of nitrogens with one attached hydrogen (secondary N) is 1. The van der Waals surface area contributed by atoms with Crippen molar-refractivity contribution < 1.29 is 0 Å². The second-order valence-electron chi connectivity index (χ2n) is 5.38. The van der Waals surface area contributed by atoms with Gasteiger partial charge in [-0.15, -0.1) is 0 Å². The third-order valence-electron chi connectivity index (χ3n) is 2.55. The molecule has 0 aliphatic heterocycles. The topological polar surface area (TPSA) is 50.4 Å². The molecule has 98 valence electrons. The molecule has 0 aromatic heterocycles. The maximum absolute atomic E-state index is 5.76. The molecule has 0 spiro atoms. The summed E-state index contributed by atoms with van der Waals surface area (Å²) in [6.07, 6.45) is 2.96. The van der Waals surface area contributed by atoms with Crippen LogP contribution in [0.15, 0.2) is 28.0 Å². The monoisotopic (exact) mass is 237 g/mol. The molecule has 0 heterocycles. The minimum absolute atomic E-state index is 0.00433. The molecule has 3 nitrogen and oxygen atoms in total. The van der Waals surface area contributed by atoms with Crippen molar-refractivity contribution in [2.75, 3.05) is 7.05 Å². The Kier molecular flexibility index (Phi) is 6.00. The van der Waals surface area contributed by atoms with Crippen molar-refractivity contribution in [3.63, 3.8) is 0 Å². The number of aliphatic imine (C=N–C) groups is 1. The highest BCUT2D eigenvalue weighted by Crippen LogP contribution is 2.17. The van der Waals surface area contributed by atoms with Crippen LogP contribution in [0.2, 0.25) is 0 Å². The fourth-order valence-corrected chi connectivity index (χ4v) is 1.39. The molecule has 3 N–H and O–H groups in total. The third kappa shape index (κ3) is 5.57. The molecule has 0 aromatic rings. The minimum atomic E-state index is 0.00433. The number of amidine groups is 1. The van der Waals surface area contributed by atoms with E-state index in [0.29, 0.717) is 0 Å². The van der Waals surface area contributed by atoms with Gasteiger partial charge in [0, 0.05) is 23.9 Å². The first-order chi connectivity index (χ1) is 7.72. The summed E-state index contributed by atoms with van der Waals surface area (Å²) in [5.74, 6) is 0.970. The number of hydrogen-bond acceptors (Lipinski definition) is 2. The Labute approximate surface area is 106 Å². The van der Waals surface area contributed by atoms with Crippen LogP contribution < -0.4 is 11.1 Å². The van der Waals surface area contributed by atoms with Gasteiger partial charge < -0.3 is 11.1 Å². The van der Waals surface area contributed by atoms with E-state index in [1.807, 2.05) is 20.0 Å². The second-order valence-corrected chi connectivity index (χ2v) is 5.38. The number of hydrogen-bond donors (Lipinski definition) is 2. The molecule has 0 amide bonds. The lowest BCUT2D eigenvalue weighted by molar-refractivity contribution is 0.571. The van der Waals surface area contributed by atoms with E-state index in [2.05, 4.69) is 44.9 Å². The maximum Gasteiger partial charge on any atom is 0.106 e. The SMILES string of the molecule is CC/C(C)=C(\C=C(/C)N)NC(=NC)C(C)(C)C. The van der Waals surface area contributed by atoms with Gasteiger partial charge in [-0.1, -0.05) is 27.7 Å². The fraction of sp³-hybridized carbons (Fsp3) is 0.643. The normalized spacial score (nSPS) is 15.7. The van der Waals surface area contributed by atoms with Gasteiger partial charge in [-0.05, 0) is 31.9 Å². The lowest BCUT2D eigenvalue weighted by Gasteiger charge is -2.24. The predicted octanol–water partition coefficient (Wildman–Crippen LogP) is 3.20. The van der Waals surface area contributed by atoms with Crippen LogP contribution in [0, 0.1) is 5.41 Å². The number of nitrogens with zero attached hydrogens (tertiary/aromatic N) is 1. The Morgan fingerprint density at radius 1 is 1.29 bits per heavy atom. The summed E-state index contributed by atoms with van der Waals surface area (Å²) in [5, 5.41) is 3.40. The zero-order valence-corrected chi connectivity index (χ0v) is 12.3. The van der Waals surface area contributed by atoms with Crippen molar-refractivity contribution >= 4 is 5.84 Å². The Hall–Kier alpha value is -1.25. The molecular formula is C14H27N3. The molecule has 0 aromatic carbocycles. The van der Waals surface area contributed by atoms with Crippen molar-refractivity contribution in [3.05, 3.63) is 23.0 Å². The van der Waals surface area contributed by atoms with Crippen LogP contribution >= 0.6 is 0 Å². The van der Waals surface area contributed by atoms with E-state index < -0.39 is 0 Å². The van der Waals surface area contributed by atoms with Crippen LogP contribution in [0.5, 0.6) is 0 Å². The highest BCUT2D eigenvalue weighted by molar-refractivity contribution is 5.88. The van der Waals surface area contributed by atoms with Crippen LogP contribution in [-0.2, 0) is 0 Å². The Bertz CT molecular complexity index is 337. The van der Waals surface area contributed by atoms with Gasteiger partial charge in [-0.2, -0.15) is 0 Å². The zero-order chi connectivity index (χ0) is 13.6. The highest BCUT2D eigenvalue weighted by Gasteiger charge is 2.19. The summed E-state index contributed by atoms with van der Waals surface area (Å²) in [5.41, 5.74) is 8.90. The van der Waals surface area contributed by atoms with Crippen molar-refractivity contribution in [3.8, 4) is 0 Å². The van der Waals surface area contributed by atoms with E-state index in [4.69, 9.17) is 5.73 Å². The van der Waals surface area contributed by atoms with Crippen LogP contribution in [0.3, 0.4) is 0 Å². The largest absolute Gasteiger partial charge is 0.402 e. The van der Waals surface area contributed by atoms with E-state index in [9.17, 15) is 0 Å². The van der Waals surface area contributed by atoms with Crippen molar-refractivity contribution in [1.29, 1.82) is 0 Å². The number of rotatable bonds is 3. The smallest absolute Gasteiger partial charge is 0.106 e. The van der Waals surface area contributed by atoms with Crippen LogP contribution in [-0.4, -0.2) is 12.9 Å². The van der Waals surface area contributed by atoms with Gasteiger partial charge in [-0.25, -0.2) is 0 Å². The molecule has 0 fully saturated rings. The first-order valence-corrected chi connectivity index (χ1v) is 6.10. The summed E-state index contributed by atoms with van der Waals surface area (Å²) in [4.78, 5) is 4.32. The van der Waals surface area contributed by atoms with Gasteiger partial charge in [0.25, 0.3) is 0 Å². The Morgan fingerprint density at radius 3 is 2.12 bits per heavy atom. The molecule has 0 saturated carbocycles. The van der Waals surface area contributed by atoms with Crippen molar-refractivity contribution in [2.45, 2.75) is 48.0 Å². The molecule has 3 heteroatoms. The van der Waals surface area contributed by atoms with Crippen LogP contribution in [0.1, 0.15) is 48.0 Å². The van der Waals surface area contributed by atoms with Gasteiger partial charge in [0.1, 0.15) is 5.84 Å². The molecule has 0 bridgehead atoms. The van der Waals surface area contributed by atoms with E-state index in [1.165, 1.54) is 5.57 Å². The molecule has 0 rings (SSSR count). The number of allylic oxidation sites excluding steroid dienone is 3. The summed E-state index contributed by atoms with van der Waals surface area (Å²) < 4.78 is 0. The van der Waals surface area contributed by atoms with E-state index in [0.717, 1.165) is 23.7 Å². The zero-order valence-electron chi connectivity index (χ0n) is 12.3. The summed E-state index contributed by atoms with van der Waals surface area (Å²) in [6.45, 7) is 12.6. The van der Waals surface area contributed by atoms with Gasteiger partial charge in [-0.3, -0.25) is 4.99 Å². The van der Waals surface area contributed by atoms with Gasteiger partial charge in [0.2, 0.25) is 0 Å². The second kappa shape index (κ2) is 6.48. The first-order valence-electron chi connectivity index (χ1n) is 6.10. The van der Waals surface area contributed by atoms with Gasteiger partial charge in [0.15, 0.2) is 0 Å². The lowest BCUT2D eigenvalue weighted by atomic mass is 9.94. The summed E-state index contributed by atoms with van der Waals surface area (Å²) >= 11 is 0. The first kappa shape index (κ1) is 15.8. The van der Waals surface area contributed by atoms with Gasteiger partial charge >= 0.3 is 0 Å². The molecule has 0 saturated heterocycles. The average Bonchev–Trinajstić information content (AvgIpc) is 2.20. The Morgan fingerprint density at radius 2 is 1.82 bits per heavy atom. The van der Waals surface area contributed by atoms with E-state index in [-0.39, 0.29) is 5.41 Å². The predicted molar refractivity (Wildman–Crippen MR) is 76.9 cm³/mol. The average molecular weight is 237 g/mol.